The molecule has 0 spiro atoms. The van der Waals surface area contributed by atoms with Crippen LogP contribution in [-0.4, -0.2) is 19.7 Å². The Bertz CT molecular complexity index is 432. The van der Waals surface area contributed by atoms with E-state index in [1.807, 2.05) is 0 Å². The lowest BCUT2D eigenvalue weighted by Gasteiger charge is -2.09. The molecule has 0 aliphatic rings. The van der Waals surface area contributed by atoms with Crippen LogP contribution in [0.4, 0.5) is 0 Å². The van der Waals surface area contributed by atoms with Crippen LogP contribution in [-0.2, 0) is 16.0 Å². The third-order valence-electron chi connectivity index (χ3n) is 2.10. The molecule has 0 N–H and O–H groups in total. The molecule has 88 valence electrons. The zero-order valence-electron chi connectivity index (χ0n) is 9.53. The van der Waals surface area contributed by atoms with Gasteiger partial charge in [-0.15, -0.1) is 0 Å². The summed E-state index contributed by atoms with van der Waals surface area (Å²) in [6.45, 7) is 3.25. The van der Waals surface area contributed by atoms with Crippen molar-refractivity contribution in [3.8, 4) is 5.75 Å². The van der Waals surface area contributed by atoms with Crippen LogP contribution in [0.1, 0.15) is 18.2 Å². The van der Waals surface area contributed by atoms with Crippen LogP contribution in [0, 0.1) is 6.92 Å². The van der Waals surface area contributed by atoms with Crippen LogP contribution in [0.25, 0.3) is 0 Å². The highest BCUT2D eigenvalue weighted by atomic mass is 16.5. The standard InChI is InChI=1S/C11H14O5/c1-7-9(4-5-15-8(2)12)10(14-3)6-11(13)16-7/h6H,4-5H2,1-3H3. The van der Waals surface area contributed by atoms with Gasteiger partial charge in [-0.2, -0.15) is 0 Å². The minimum atomic E-state index is -0.453. The summed E-state index contributed by atoms with van der Waals surface area (Å²) in [6.07, 6.45) is 0.457. The van der Waals surface area contributed by atoms with Gasteiger partial charge in [-0.3, -0.25) is 4.79 Å². The van der Waals surface area contributed by atoms with Crippen molar-refractivity contribution in [3.05, 3.63) is 27.8 Å². The summed E-state index contributed by atoms with van der Waals surface area (Å²) in [4.78, 5) is 21.7. The number of ether oxygens (including phenoxy) is 2. The molecule has 1 aromatic heterocycles. The van der Waals surface area contributed by atoms with Gasteiger partial charge in [0.1, 0.15) is 11.5 Å². The van der Waals surface area contributed by atoms with E-state index in [1.54, 1.807) is 6.92 Å². The second kappa shape index (κ2) is 5.34. The fraction of sp³-hybridized carbons (Fsp3) is 0.455. The molecule has 0 atom stereocenters. The predicted molar refractivity (Wildman–Crippen MR) is 56.6 cm³/mol. The van der Waals surface area contributed by atoms with Gasteiger partial charge in [0.05, 0.1) is 19.8 Å². The van der Waals surface area contributed by atoms with E-state index in [0.717, 1.165) is 5.56 Å². The second-order valence-electron chi connectivity index (χ2n) is 3.26. The van der Waals surface area contributed by atoms with Gasteiger partial charge in [0, 0.05) is 18.9 Å². The van der Waals surface area contributed by atoms with E-state index >= 15 is 0 Å². The quantitative estimate of drug-likeness (QED) is 0.718. The Hall–Kier alpha value is -1.78. The SMILES string of the molecule is COc1cc(=O)oc(C)c1CCOC(C)=O. The van der Waals surface area contributed by atoms with E-state index < -0.39 is 5.63 Å². The summed E-state index contributed by atoms with van der Waals surface area (Å²) in [7, 11) is 1.48. The Labute approximate surface area is 93.0 Å². The summed E-state index contributed by atoms with van der Waals surface area (Å²) < 4.78 is 14.8. The van der Waals surface area contributed by atoms with Gasteiger partial charge in [-0.25, -0.2) is 4.79 Å². The Kier molecular flexibility index (Phi) is 4.10. The van der Waals surface area contributed by atoms with Crippen LogP contribution in [0.15, 0.2) is 15.3 Å². The number of methoxy groups -OCH3 is 1. The number of aryl methyl sites for hydroxylation is 1. The number of esters is 1. The van der Waals surface area contributed by atoms with Crippen LogP contribution in [0.5, 0.6) is 5.75 Å². The minimum absolute atomic E-state index is 0.236. The van der Waals surface area contributed by atoms with E-state index in [9.17, 15) is 9.59 Å². The smallest absolute Gasteiger partial charge is 0.339 e. The summed E-state index contributed by atoms with van der Waals surface area (Å²) in [5.41, 5.74) is 0.286. The fourth-order valence-electron chi connectivity index (χ4n) is 1.39. The van der Waals surface area contributed by atoms with Crippen molar-refractivity contribution in [2.75, 3.05) is 13.7 Å². The van der Waals surface area contributed by atoms with Crippen molar-refractivity contribution in [2.24, 2.45) is 0 Å². The molecule has 0 bridgehead atoms. The number of hydrogen-bond donors (Lipinski definition) is 0. The van der Waals surface area contributed by atoms with Gasteiger partial charge < -0.3 is 13.9 Å². The Balaban J connectivity index is 2.85. The van der Waals surface area contributed by atoms with E-state index in [-0.39, 0.29) is 12.6 Å². The molecule has 1 aromatic rings. The van der Waals surface area contributed by atoms with Crippen LogP contribution in [0.2, 0.25) is 0 Å². The first kappa shape index (κ1) is 12.3. The first-order valence-electron chi connectivity index (χ1n) is 4.85. The average molecular weight is 226 g/mol. The number of carbonyl (C=O) groups is 1. The summed E-state index contributed by atoms with van der Waals surface area (Å²) in [5.74, 6) is 0.603. The lowest BCUT2D eigenvalue weighted by Crippen LogP contribution is -2.09. The minimum Gasteiger partial charge on any atom is -0.496 e. The third-order valence-corrected chi connectivity index (χ3v) is 2.10. The van der Waals surface area contributed by atoms with E-state index in [2.05, 4.69) is 0 Å². The molecule has 0 aliphatic heterocycles. The lowest BCUT2D eigenvalue weighted by atomic mass is 10.1. The zero-order valence-corrected chi connectivity index (χ0v) is 9.53. The maximum Gasteiger partial charge on any atom is 0.339 e. The molecule has 1 heterocycles. The summed E-state index contributed by atoms with van der Waals surface area (Å²) in [6, 6.07) is 1.27. The van der Waals surface area contributed by atoms with Gasteiger partial charge >= 0.3 is 11.6 Å². The number of carbonyl (C=O) groups excluding carboxylic acids is 1. The van der Waals surface area contributed by atoms with Gasteiger partial charge in [0.15, 0.2) is 0 Å². The first-order chi connectivity index (χ1) is 7.54. The number of rotatable bonds is 4. The molecule has 0 fully saturated rings. The molecule has 0 radical (unpaired) electrons. The largest absolute Gasteiger partial charge is 0.496 e. The lowest BCUT2D eigenvalue weighted by molar-refractivity contribution is -0.140. The van der Waals surface area contributed by atoms with Gasteiger partial charge in [-0.05, 0) is 6.92 Å². The van der Waals surface area contributed by atoms with Crippen LogP contribution >= 0.6 is 0 Å². The molecule has 0 saturated carbocycles. The van der Waals surface area contributed by atoms with Crippen molar-refractivity contribution >= 4 is 5.97 Å². The van der Waals surface area contributed by atoms with Crippen molar-refractivity contribution in [1.82, 2.24) is 0 Å². The summed E-state index contributed by atoms with van der Waals surface area (Å²) in [5, 5.41) is 0. The van der Waals surface area contributed by atoms with Crippen molar-refractivity contribution < 1.29 is 18.7 Å². The number of hydrogen-bond acceptors (Lipinski definition) is 5. The van der Waals surface area contributed by atoms with Crippen LogP contribution < -0.4 is 10.4 Å². The molecule has 0 amide bonds. The highest BCUT2D eigenvalue weighted by Gasteiger charge is 2.10. The normalized spacial score (nSPS) is 9.94. The molecular formula is C11H14O5. The molecule has 5 nitrogen and oxygen atoms in total. The Morgan fingerprint density at radius 2 is 2.19 bits per heavy atom. The molecule has 0 unspecified atom stereocenters. The molecule has 0 aliphatic carbocycles. The molecule has 5 heteroatoms. The van der Waals surface area contributed by atoms with Crippen molar-refractivity contribution in [3.63, 3.8) is 0 Å². The Morgan fingerprint density at radius 3 is 2.75 bits per heavy atom. The van der Waals surface area contributed by atoms with Gasteiger partial charge in [0.25, 0.3) is 0 Å². The van der Waals surface area contributed by atoms with Crippen molar-refractivity contribution in [2.45, 2.75) is 20.3 Å². The monoisotopic (exact) mass is 226 g/mol. The molecule has 0 aromatic carbocycles. The molecule has 1 rings (SSSR count). The first-order valence-corrected chi connectivity index (χ1v) is 4.85. The van der Waals surface area contributed by atoms with E-state index in [4.69, 9.17) is 13.9 Å². The van der Waals surface area contributed by atoms with Crippen LogP contribution in [0.3, 0.4) is 0 Å². The predicted octanol–water partition coefficient (Wildman–Crippen LogP) is 1.06. The summed E-state index contributed by atoms with van der Waals surface area (Å²) >= 11 is 0. The maximum atomic E-state index is 11.1. The van der Waals surface area contributed by atoms with Crippen molar-refractivity contribution in [1.29, 1.82) is 0 Å². The third kappa shape index (κ3) is 3.12. The maximum absolute atomic E-state index is 11.1. The fourth-order valence-corrected chi connectivity index (χ4v) is 1.39. The Morgan fingerprint density at radius 1 is 1.50 bits per heavy atom. The average Bonchev–Trinajstić information content (AvgIpc) is 2.20. The molecular weight excluding hydrogens is 212 g/mol. The zero-order chi connectivity index (χ0) is 12.1. The van der Waals surface area contributed by atoms with E-state index in [1.165, 1.54) is 20.1 Å². The highest BCUT2D eigenvalue weighted by molar-refractivity contribution is 5.65. The topological polar surface area (TPSA) is 65.7 Å². The van der Waals surface area contributed by atoms with Gasteiger partial charge in [0.2, 0.25) is 0 Å². The molecule has 16 heavy (non-hydrogen) atoms. The second-order valence-corrected chi connectivity index (χ2v) is 3.26. The van der Waals surface area contributed by atoms with E-state index in [0.29, 0.717) is 17.9 Å². The molecule has 0 saturated heterocycles. The highest BCUT2D eigenvalue weighted by Crippen LogP contribution is 2.19. The van der Waals surface area contributed by atoms with Gasteiger partial charge in [-0.1, -0.05) is 0 Å².